The van der Waals surface area contributed by atoms with Crippen molar-refractivity contribution in [1.29, 1.82) is 0 Å². The van der Waals surface area contributed by atoms with Crippen molar-refractivity contribution < 1.29 is 14.2 Å². The molecule has 94 valence electrons. The minimum atomic E-state index is 0.150. The molecule has 0 aliphatic carbocycles. The van der Waals surface area contributed by atoms with Crippen LogP contribution >= 0.6 is 0 Å². The van der Waals surface area contributed by atoms with Gasteiger partial charge in [0.05, 0.1) is 12.7 Å². The number of hydrogen-bond donors (Lipinski definition) is 1. The first-order valence-electron chi connectivity index (χ1n) is 5.94. The molecule has 1 unspecified atom stereocenters. The lowest BCUT2D eigenvalue weighted by molar-refractivity contribution is -0.147. The Morgan fingerprint density at radius 3 is 3.18 bits per heavy atom. The first-order chi connectivity index (χ1) is 8.38. The average molecular weight is 237 g/mol. The minimum absolute atomic E-state index is 0.150. The van der Waals surface area contributed by atoms with Crippen LogP contribution in [0.15, 0.2) is 24.3 Å². The molecule has 0 bridgehead atoms. The van der Waals surface area contributed by atoms with Crippen LogP contribution in [0.4, 0.5) is 0 Å². The molecule has 0 aromatic heterocycles. The molecular weight excluding hydrogens is 218 g/mol. The highest BCUT2D eigenvalue weighted by Gasteiger charge is 2.14. The molecule has 1 atom stereocenters. The first kappa shape index (κ1) is 12.4. The summed E-state index contributed by atoms with van der Waals surface area (Å²) in [5, 5.41) is 3.12. The first-order valence-corrected chi connectivity index (χ1v) is 5.94. The highest BCUT2D eigenvalue weighted by atomic mass is 16.7. The topological polar surface area (TPSA) is 39.7 Å². The Hall–Kier alpha value is -1.10. The largest absolute Gasteiger partial charge is 0.491 e. The van der Waals surface area contributed by atoms with Gasteiger partial charge in [-0.1, -0.05) is 12.1 Å². The van der Waals surface area contributed by atoms with Gasteiger partial charge < -0.3 is 19.5 Å². The van der Waals surface area contributed by atoms with E-state index in [0.717, 1.165) is 25.3 Å². The summed E-state index contributed by atoms with van der Waals surface area (Å²) in [6.45, 7) is 2.58. The number of hydrogen-bond acceptors (Lipinski definition) is 4. The van der Waals surface area contributed by atoms with Gasteiger partial charge in [0, 0.05) is 13.0 Å². The van der Waals surface area contributed by atoms with Crippen LogP contribution in [-0.4, -0.2) is 33.2 Å². The fraction of sp³-hybridized carbons (Fsp3) is 0.538. The van der Waals surface area contributed by atoms with Gasteiger partial charge in [0.2, 0.25) is 0 Å². The van der Waals surface area contributed by atoms with E-state index in [-0.39, 0.29) is 6.10 Å². The smallest absolute Gasteiger partial charge is 0.147 e. The summed E-state index contributed by atoms with van der Waals surface area (Å²) in [5.74, 6) is 0.896. The minimum Gasteiger partial charge on any atom is -0.491 e. The zero-order valence-electron chi connectivity index (χ0n) is 10.1. The Bertz CT molecular complexity index is 337. The second-order valence-electron chi connectivity index (χ2n) is 4.09. The van der Waals surface area contributed by atoms with Crippen molar-refractivity contribution in [2.24, 2.45) is 0 Å². The molecule has 0 radical (unpaired) electrons. The standard InChI is InChI=1S/C13H19NO3/c1-14-8-11-3-2-4-12(7-11)16-9-13-5-6-15-10-17-13/h2-4,7,13-14H,5-6,8-10H2,1H3. The zero-order valence-corrected chi connectivity index (χ0v) is 10.1. The van der Waals surface area contributed by atoms with Crippen molar-refractivity contribution in [2.45, 2.75) is 19.1 Å². The molecule has 4 nitrogen and oxygen atoms in total. The second kappa shape index (κ2) is 6.59. The van der Waals surface area contributed by atoms with E-state index >= 15 is 0 Å². The summed E-state index contributed by atoms with van der Waals surface area (Å²) < 4.78 is 16.3. The molecule has 0 spiro atoms. The molecule has 1 aromatic carbocycles. The van der Waals surface area contributed by atoms with Gasteiger partial charge in [0.15, 0.2) is 0 Å². The Morgan fingerprint density at radius 1 is 1.47 bits per heavy atom. The van der Waals surface area contributed by atoms with Gasteiger partial charge in [0.1, 0.15) is 19.1 Å². The van der Waals surface area contributed by atoms with Crippen LogP contribution in [0.25, 0.3) is 0 Å². The van der Waals surface area contributed by atoms with Gasteiger partial charge in [-0.2, -0.15) is 0 Å². The Balaban J connectivity index is 1.83. The highest BCUT2D eigenvalue weighted by Crippen LogP contribution is 2.15. The Morgan fingerprint density at radius 2 is 2.41 bits per heavy atom. The summed E-state index contributed by atoms with van der Waals surface area (Å²) in [5.41, 5.74) is 1.22. The quantitative estimate of drug-likeness (QED) is 0.843. The van der Waals surface area contributed by atoms with Crippen LogP contribution in [0.3, 0.4) is 0 Å². The predicted molar refractivity (Wildman–Crippen MR) is 65.0 cm³/mol. The average Bonchev–Trinajstić information content (AvgIpc) is 2.39. The lowest BCUT2D eigenvalue weighted by atomic mass is 10.2. The maximum absolute atomic E-state index is 5.72. The van der Waals surface area contributed by atoms with E-state index in [1.165, 1.54) is 5.56 Å². The van der Waals surface area contributed by atoms with E-state index in [9.17, 15) is 0 Å². The van der Waals surface area contributed by atoms with Crippen LogP contribution in [0.1, 0.15) is 12.0 Å². The van der Waals surface area contributed by atoms with Crippen molar-refractivity contribution >= 4 is 0 Å². The lowest BCUT2D eigenvalue weighted by Crippen LogP contribution is -2.29. The normalized spacial score (nSPS) is 20.2. The van der Waals surface area contributed by atoms with E-state index in [1.54, 1.807) is 0 Å². The van der Waals surface area contributed by atoms with E-state index in [4.69, 9.17) is 14.2 Å². The van der Waals surface area contributed by atoms with E-state index in [2.05, 4.69) is 17.4 Å². The zero-order chi connectivity index (χ0) is 11.9. The third-order valence-corrected chi connectivity index (χ3v) is 2.69. The molecule has 2 rings (SSSR count). The molecule has 4 heteroatoms. The second-order valence-corrected chi connectivity index (χ2v) is 4.09. The van der Waals surface area contributed by atoms with Crippen LogP contribution in [0.5, 0.6) is 5.75 Å². The molecule has 0 amide bonds. The van der Waals surface area contributed by atoms with E-state index in [1.807, 2.05) is 19.2 Å². The van der Waals surface area contributed by atoms with Gasteiger partial charge in [-0.25, -0.2) is 0 Å². The number of ether oxygens (including phenoxy) is 3. The van der Waals surface area contributed by atoms with E-state index < -0.39 is 0 Å². The third kappa shape index (κ3) is 4.00. The fourth-order valence-corrected chi connectivity index (χ4v) is 1.77. The van der Waals surface area contributed by atoms with Gasteiger partial charge in [-0.05, 0) is 24.7 Å². The summed E-state index contributed by atoms with van der Waals surface area (Å²) in [7, 11) is 1.93. The van der Waals surface area contributed by atoms with Gasteiger partial charge >= 0.3 is 0 Å². The molecule has 1 aliphatic rings. The van der Waals surface area contributed by atoms with Crippen LogP contribution in [0.2, 0.25) is 0 Å². The Kier molecular flexibility index (Phi) is 4.79. The third-order valence-electron chi connectivity index (χ3n) is 2.69. The van der Waals surface area contributed by atoms with Crippen molar-refractivity contribution in [3.05, 3.63) is 29.8 Å². The Labute approximate surface area is 102 Å². The summed E-state index contributed by atoms with van der Waals surface area (Å²) >= 11 is 0. The van der Waals surface area contributed by atoms with Gasteiger partial charge in [-0.3, -0.25) is 0 Å². The van der Waals surface area contributed by atoms with Gasteiger partial charge in [-0.15, -0.1) is 0 Å². The molecule has 1 N–H and O–H groups in total. The molecule has 1 saturated heterocycles. The maximum Gasteiger partial charge on any atom is 0.147 e. The fourth-order valence-electron chi connectivity index (χ4n) is 1.77. The van der Waals surface area contributed by atoms with Crippen molar-refractivity contribution in [2.75, 3.05) is 27.1 Å². The predicted octanol–water partition coefficient (Wildman–Crippen LogP) is 1.55. The van der Waals surface area contributed by atoms with Crippen LogP contribution < -0.4 is 10.1 Å². The number of nitrogens with one attached hydrogen (secondary N) is 1. The summed E-state index contributed by atoms with van der Waals surface area (Å²) in [4.78, 5) is 0. The van der Waals surface area contributed by atoms with Crippen molar-refractivity contribution in [3.63, 3.8) is 0 Å². The summed E-state index contributed by atoms with van der Waals surface area (Å²) in [6.07, 6.45) is 1.05. The number of benzene rings is 1. The highest BCUT2D eigenvalue weighted by molar-refractivity contribution is 5.28. The monoisotopic (exact) mass is 237 g/mol. The summed E-state index contributed by atoms with van der Waals surface area (Å²) in [6, 6.07) is 8.11. The van der Waals surface area contributed by atoms with E-state index in [0.29, 0.717) is 13.4 Å². The maximum atomic E-state index is 5.72. The molecule has 1 aliphatic heterocycles. The number of rotatable bonds is 5. The van der Waals surface area contributed by atoms with Crippen LogP contribution in [-0.2, 0) is 16.0 Å². The van der Waals surface area contributed by atoms with Crippen molar-refractivity contribution in [1.82, 2.24) is 5.32 Å². The molecular formula is C13H19NO3. The van der Waals surface area contributed by atoms with Gasteiger partial charge in [0.25, 0.3) is 0 Å². The van der Waals surface area contributed by atoms with Crippen molar-refractivity contribution in [3.8, 4) is 5.75 Å². The SMILES string of the molecule is CNCc1cccc(OCC2CCOCO2)c1. The molecule has 0 saturated carbocycles. The molecule has 1 aromatic rings. The molecule has 1 heterocycles. The van der Waals surface area contributed by atoms with Crippen LogP contribution in [0, 0.1) is 0 Å². The molecule has 17 heavy (non-hydrogen) atoms. The lowest BCUT2D eigenvalue weighted by Gasteiger charge is -2.22. The molecule has 1 fully saturated rings.